The van der Waals surface area contributed by atoms with Gasteiger partial charge in [-0.15, -0.1) is 41.3 Å². The average Bonchev–Trinajstić information content (AvgIpc) is 3.61. The molecule has 51 heavy (non-hydrogen) atoms. The molecule has 0 aliphatic rings. The molecule has 0 aliphatic heterocycles. The van der Waals surface area contributed by atoms with Gasteiger partial charge in [-0.3, -0.25) is 4.68 Å². The van der Waals surface area contributed by atoms with E-state index in [4.69, 9.17) is 14.8 Å². The van der Waals surface area contributed by atoms with Crippen LogP contribution in [0.4, 0.5) is 0 Å². The van der Waals surface area contributed by atoms with Gasteiger partial charge < -0.3 is 9.30 Å². The molecular formula is C45H46N4OPd. The molecule has 4 aromatic carbocycles. The number of nitrogens with zero attached hydrogens (tertiary/aromatic N) is 4. The van der Waals surface area contributed by atoms with Gasteiger partial charge in [0.05, 0.1) is 11.4 Å². The Hall–Kier alpha value is -4.50. The van der Waals surface area contributed by atoms with E-state index in [9.17, 15) is 0 Å². The average molecular weight is 765 g/mol. The summed E-state index contributed by atoms with van der Waals surface area (Å²) in [6.07, 6.45) is 1.86. The molecule has 0 atom stereocenters. The van der Waals surface area contributed by atoms with E-state index in [1.54, 1.807) is 0 Å². The fraction of sp³-hybridized carbons (Fsp3) is 0.289. The Labute approximate surface area is 316 Å². The molecule has 0 aliphatic carbocycles. The number of rotatable bonds is 8. The van der Waals surface area contributed by atoms with E-state index in [1.165, 1.54) is 33.5 Å². The molecule has 7 rings (SSSR count). The van der Waals surface area contributed by atoms with Crippen LogP contribution in [0.2, 0.25) is 0 Å². The third-order valence-electron chi connectivity index (χ3n) is 9.62. The van der Waals surface area contributed by atoms with Gasteiger partial charge in [-0.2, -0.15) is 11.2 Å². The quantitative estimate of drug-likeness (QED) is 0.114. The van der Waals surface area contributed by atoms with E-state index in [0.717, 1.165) is 50.1 Å². The van der Waals surface area contributed by atoms with Gasteiger partial charge >= 0.3 is 20.4 Å². The largest absolute Gasteiger partial charge is 2.00 e. The zero-order valence-corrected chi connectivity index (χ0v) is 32.8. The molecule has 0 spiro atoms. The summed E-state index contributed by atoms with van der Waals surface area (Å²) in [4.78, 5) is 4.74. The van der Waals surface area contributed by atoms with Crippen molar-refractivity contribution < 1.29 is 25.2 Å². The van der Waals surface area contributed by atoms with Gasteiger partial charge in [0.2, 0.25) is 0 Å². The second kappa shape index (κ2) is 14.3. The molecule has 3 heterocycles. The molecule has 3 aromatic heterocycles. The molecule has 0 unspecified atom stereocenters. The van der Waals surface area contributed by atoms with Gasteiger partial charge in [0, 0.05) is 28.8 Å². The Morgan fingerprint density at radius 3 is 2.06 bits per heavy atom. The summed E-state index contributed by atoms with van der Waals surface area (Å²) in [6.45, 7) is 22.1. The maximum absolute atomic E-state index is 6.68. The summed E-state index contributed by atoms with van der Waals surface area (Å²) in [6, 6.07) is 32.8. The van der Waals surface area contributed by atoms with Crippen molar-refractivity contribution in [1.82, 2.24) is 19.3 Å². The first-order chi connectivity index (χ1) is 23.9. The molecule has 7 aromatic rings. The summed E-state index contributed by atoms with van der Waals surface area (Å²) in [5.41, 5.74) is 13.8. The van der Waals surface area contributed by atoms with Crippen LogP contribution in [-0.4, -0.2) is 19.3 Å². The van der Waals surface area contributed by atoms with Crippen LogP contribution in [0.25, 0.3) is 44.4 Å². The fourth-order valence-corrected chi connectivity index (χ4v) is 7.38. The van der Waals surface area contributed by atoms with Crippen LogP contribution in [0.15, 0.2) is 79.0 Å². The SMILES string of the molecule is Cc1ccnc(-n2c3[c-]c(Oc4[c-]c(-n5nc(C(C)C)c(-c6c(C)cc(C)cc6C)c5C(C)C)cc(C(C)C)c4)ccc3c3ccccc32)c1.[Pd+2]. The molecule has 0 saturated carbocycles. The first-order valence-electron chi connectivity index (χ1n) is 17.8. The van der Waals surface area contributed by atoms with Crippen LogP contribution >= 0.6 is 0 Å². The molecule has 5 nitrogen and oxygen atoms in total. The summed E-state index contributed by atoms with van der Waals surface area (Å²) >= 11 is 0. The van der Waals surface area contributed by atoms with Gasteiger partial charge in [-0.25, -0.2) is 4.98 Å². The number of benzene rings is 4. The molecular weight excluding hydrogens is 719 g/mol. The van der Waals surface area contributed by atoms with Crippen molar-refractivity contribution in [3.8, 4) is 34.1 Å². The van der Waals surface area contributed by atoms with Gasteiger partial charge in [0.1, 0.15) is 5.82 Å². The number of fused-ring (bicyclic) bond motifs is 3. The normalized spacial score (nSPS) is 11.7. The Kier molecular flexibility index (Phi) is 10.1. The van der Waals surface area contributed by atoms with Crippen LogP contribution in [-0.2, 0) is 20.4 Å². The van der Waals surface area contributed by atoms with Crippen LogP contribution in [0.1, 0.15) is 98.5 Å². The van der Waals surface area contributed by atoms with Crippen LogP contribution in [0.5, 0.6) is 11.5 Å². The van der Waals surface area contributed by atoms with E-state index < -0.39 is 0 Å². The summed E-state index contributed by atoms with van der Waals surface area (Å²) in [5.74, 6) is 2.85. The van der Waals surface area contributed by atoms with Crippen molar-refractivity contribution in [2.24, 2.45) is 0 Å². The number of aromatic nitrogens is 4. The van der Waals surface area contributed by atoms with Gasteiger partial charge in [0.15, 0.2) is 0 Å². The Morgan fingerprint density at radius 2 is 1.39 bits per heavy atom. The third-order valence-corrected chi connectivity index (χ3v) is 9.62. The van der Waals surface area contributed by atoms with Crippen molar-refractivity contribution >= 4 is 21.8 Å². The first kappa shape index (κ1) is 36.3. The first-order valence-corrected chi connectivity index (χ1v) is 17.8. The van der Waals surface area contributed by atoms with Crippen molar-refractivity contribution in [3.05, 3.63) is 130 Å². The maximum atomic E-state index is 6.68. The Bertz CT molecular complexity index is 2370. The van der Waals surface area contributed by atoms with Crippen LogP contribution < -0.4 is 4.74 Å². The predicted molar refractivity (Wildman–Crippen MR) is 207 cm³/mol. The Balaban J connectivity index is 0.00000448. The van der Waals surface area contributed by atoms with Crippen molar-refractivity contribution in [1.29, 1.82) is 0 Å². The molecule has 0 fully saturated rings. The molecule has 0 radical (unpaired) electrons. The number of ether oxygens (including phenoxy) is 1. The standard InChI is InChI=1S/C45H46N4O.Pd/c1-26(2)33-22-34(49-45(28(5)6)43(44(47-49)27(3)4)42-31(9)19-30(8)20-32(42)10)24-36(23-33)50-35-15-16-38-37-13-11-12-14-39(37)48(40(38)25-35)41-21-29(7)17-18-46-41;/h11-23,26-28H,1-10H3;/q-2;+2. The second-order valence-corrected chi connectivity index (χ2v) is 14.7. The molecule has 6 heteroatoms. The zero-order valence-electron chi connectivity index (χ0n) is 31.3. The summed E-state index contributed by atoms with van der Waals surface area (Å²) in [7, 11) is 0. The second-order valence-electron chi connectivity index (χ2n) is 14.7. The minimum absolute atomic E-state index is 0. The topological polar surface area (TPSA) is 44.9 Å². The smallest absolute Gasteiger partial charge is 0.509 e. The zero-order chi connectivity index (χ0) is 35.4. The summed E-state index contributed by atoms with van der Waals surface area (Å²) in [5, 5.41) is 7.61. The van der Waals surface area contributed by atoms with E-state index in [0.29, 0.717) is 11.5 Å². The molecule has 0 amide bonds. The van der Waals surface area contributed by atoms with E-state index in [1.807, 2.05) is 18.3 Å². The Morgan fingerprint density at radius 1 is 0.667 bits per heavy atom. The number of aryl methyl sites for hydroxylation is 4. The number of hydrogen-bond acceptors (Lipinski definition) is 3. The van der Waals surface area contributed by atoms with Gasteiger partial charge in [-0.05, 0) is 97.0 Å². The van der Waals surface area contributed by atoms with Gasteiger partial charge in [0.25, 0.3) is 0 Å². The predicted octanol–water partition coefficient (Wildman–Crippen LogP) is 12.0. The van der Waals surface area contributed by atoms with Crippen LogP contribution in [0.3, 0.4) is 0 Å². The molecule has 0 bridgehead atoms. The third kappa shape index (κ3) is 6.68. The number of hydrogen-bond donors (Lipinski definition) is 0. The van der Waals surface area contributed by atoms with Crippen LogP contribution in [0, 0.1) is 39.8 Å². The molecule has 0 N–H and O–H groups in total. The minimum atomic E-state index is 0. The fourth-order valence-electron chi connectivity index (χ4n) is 7.38. The maximum Gasteiger partial charge on any atom is 2.00 e. The summed E-state index contributed by atoms with van der Waals surface area (Å²) < 4.78 is 11.0. The monoisotopic (exact) mass is 764 g/mol. The van der Waals surface area contributed by atoms with E-state index >= 15 is 0 Å². The van der Waals surface area contributed by atoms with E-state index in [2.05, 4.69) is 151 Å². The van der Waals surface area contributed by atoms with Gasteiger partial charge in [-0.1, -0.05) is 83.0 Å². The molecule has 0 saturated heterocycles. The minimum Gasteiger partial charge on any atom is -0.509 e. The number of para-hydroxylation sites is 1. The van der Waals surface area contributed by atoms with E-state index in [-0.39, 0.29) is 38.2 Å². The number of pyridine rings is 1. The van der Waals surface area contributed by atoms with Crippen molar-refractivity contribution in [2.75, 3.05) is 0 Å². The van der Waals surface area contributed by atoms with Crippen molar-refractivity contribution in [2.45, 2.75) is 87.0 Å². The molecule has 262 valence electrons. The van der Waals surface area contributed by atoms with Crippen molar-refractivity contribution in [3.63, 3.8) is 0 Å².